The fourth-order valence-electron chi connectivity index (χ4n) is 1.72. The lowest BCUT2D eigenvalue weighted by Gasteiger charge is -2.17. The lowest BCUT2D eigenvalue weighted by molar-refractivity contribution is 0.885. The molecule has 0 fully saturated rings. The summed E-state index contributed by atoms with van der Waals surface area (Å²) in [6.07, 6.45) is 0. The van der Waals surface area contributed by atoms with Crippen LogP contribution < -0.4 is 11.1 Å². The summed E-state index contributed by atoms with van der Waals surface area (Å²) in [5.74, 6) is 0. The van der Waals surface area contributed by atoms with Crippen molar-refractivity contribution in [2.75, 3.05) is 11.1 Å². The number of benzene rings is 2. The van der Waals surface area contributed by atoms with Crippen LogP contribution in [0.5, 0.6) is 0 Å². The van der Waals surface area contributed by atoms with Crippen molar-refractivity contribution in [3.05, 3.63) is 57.5 Å². The summed E-state index contributed by atoms with van der Waals surface area (Å²) in [5, 5.41) is 4.13. The Labute approximate surface area is 120 Å². The van der Waals surface area contributed by atoms with E-state index >= 15 is 0 Å². The zero-order valence-corrected chi connectivity index (χ0v) is 12.3. The maximum Gasteiger partial charge on any atom is 0.0589 e. The molecule has 0 bridgehead atoms. The fourth-order valence-corrected chi connectivity index (χ4v) is 2.21. The minimum atomic E-state index is 0.166. The molecule has 0 saturated carbocycles. The number of rotatable bonds is 3. The highest BCUT2D eigenvalue weighted by atomic mass is 79.9. The van der Waals surface area contributed by atoms with Crippen LogP contribution in [0.15, 0.2) is 46.9 Å². The number of hydrogen-bond acceptors (Lipinski definition) is 2. The highest BCUT2D eigenvalue weighted by Gasteiger charge is 2.07. The standard InChI is InChI=1S/C14H14BrClN2/c1-9(10-2-5-12(16)6-3-10)18-14-8-11(15)4-7-13(14)17/h2-9,18H,17H2,1H3. The number of anilines is 2. The molecule has 0 aliphatic rings. The van der Waals surface area contributed by atoms with Crippen molar-refractivity contribution in [3.8, 4) is 0 Å². The molecule has 2 rings (SSSR count). The van der Waals surface area contributed by atoms with E-state index in [1.165, 1.54) is 5.56 Å². The molecule has 0 spiro atoms. The summed E-state index contributed by atoms with van der Waals surface area (Å²) in [6, 6.07) is 13.7. The molecule has 2 nitrogen and oxygen atoms in total. The largest absolute Gasteiger partial charge is 0.397 e. The molecule has 0 aliphatic carbocycles. The first-order valence-electron chi connectivity index (χ1n) is 5.63. The van der Waals surface area contributed by atoms with E-state index in [1.807, 2.05) is 42.5 Å². The Bertz CT molecular complexity index is 540. The van der Waals surface area contributed by atoms with Gasteiger partial charge >= 0.3 is 0 Å². The van der Waals surface area contributed by atoms with E-state index in [2.05, 4.69) is 28.2 Å². The van der Waals surface area contributed by atoms with Crippen LogP contribution in [0, 0.1) is 0 Å². The third-order valence-corrected chi connectivity index (χ3v) is 3.50. The Balaban J connectivity index is 2.18. The van der Waals surface area contributed by atoms with Gasteiger partial charge in [-0.05, 0) is 42.8 Å². The van der Waals surface area contributed by atoms with E-state index in [0.29, 0.717) is 0 Å². The van der Waals surface area contributed by atoms with Crippen molar-refractivity contribution in [3.63, 3.8) is 0 Å². The molecular formula is C14H14BrClN2. The second-order valence-corrected chi connectivity index (χ2v) is 5.50. The minimum Gasteiger partial charge on any atom is -0.397 e. The van der Waals surface area contributed by atoms with Gasteiger partial charge in [0.2, 0.25) is 0 Å². The molecule has 0 amide bonds. The molecule has 2 aromatic carbocycles. The molecule has 18 heavy (non-hydrogen) atoms. The Morgan fingerprint density at radius 1 is 1.17 bits per heavy atom. The summed E-state index contributed by atoms with van der Waals surface area (Å²) in [4.78, 5) is 0. The molecular weight excluding hydrogens is 312 g/mol. The fraction of sp³-hybridized carbons (Fsp3) is 0.143. The predicted molar refractivity (Wildman–Crippen MR) is 82.0 cm³/mol. The zero-order valence-electron chi connectivity index (χ0n) is 9.95. The second-order valence-electron chi connectivity index (χ2n) is 4.15. The number of halogens is 2. The Morgan fingerprint density at radius 2 is 1.83 bits per heavy atom. The van der Waals surface area contributed by atoms with Crippen LogP contribution in [-0.2, 0) is 0 Å². The van der Waals surface area contributed by atoms with Gasteiger partial charge in [0.1, 0.15) is 0 Å². The van der Waals surface area contributed by atoms with Gasteiger partial charge in [0, 0.05) is 15.5 Å². The lowest BCUT2D eigenvalue weighted by Crippen LogP contribution is -2.08. The van der Waals surface area contributed by atoms with Gasteiger partial charge in [-0.2, -0.15) is 0 Å². The molecule has 4 heteroatoms. The summed E-state index contributed by atoms with van der Waals surface area (Å²) < 4.78 is 1.00. The van der Waals surface area contributed by atoms with Gasteiger partial charge in [0.25, 0.3) is 0 Å². The smallest absolute Gasteiger partial charge is 0.0589 e. The monoisotopic (exact) mass is 324 g/mol. The van der Waals surface area contributed by atoms with Crippen LogP contribution in [0.25, 0.3) is 0 Å². The quantitative estimate of drug-likeness (QED) is 0.791. The van der Waals surface area contributed by atoms with Crippen molar-refractivity contribution in [2.45, 2.75) is 13.0 Å². The summed E-state index contributed by atoms with van der Waals surface area (Å²) in [6.45, 7) is 2.09. The molecule has 0 saturated heterocycles. The molecule has 1 unspecified atom stereocenters. The average molecular weight is 326 g/mol. The molecule has 2 aromatic rings. The van der Waals surface area contributed by atoms with Gasteiger partial charge in [-0.15, -0.1) is 0 Å². The van der Waals surface area contributed by atoms with Crippen LogP contribution in [0.2, 0.25) is 5.02 Å². The molecule has 0 radical (unpaired) electrons. The Hall–Kier alpha value is -1.19. The number of hydrogen-bond donors (Lipinski definition) is 2. The highest BCUT2D eigenvalue weighted by Crippen LogP contribution is 2.27. The maximum absolute atomic E-state index is 5.94. The summed E-state index contributed by atoms with van der Waals surface area (Å²) in [7, 11) is 0. The number of nitrogen functional groups attached to an aromatic ring is 1. The van der Waals surface area contributed by atoms with E-state index in [0.717, 1.165) is 20.9 Å². The van der Waals surface area contributed by atoms with E-state index in [4.69, 9.17) is 17.3 Å². The molecule has 0 heterocycles. The zero-order chi connectivity index (χ0) is 13.1. The maximum atomic E-state index is 5.94. The first-order valence-corrected chi connectivity index (χ1v) is 6.80. The number of nitrogens with two attached hydrogens (primary N) is 1. The van der Waals surface area contributed by atoms with Crippen molar-refractivity contribution >= 4 is 38.9 Å². The first kappa shape index (κ1) is 13.2. The molecule has 0 aliphatic heterocycles. The summed E-state index contributed by atoms with van der Waals surface area (Å²) >= 11 is 9.31. The second kappa shape index (κ2) is 5.63. The van der Waals surface area contributed by atoms with Crippen LogP contribution in [0.3, 0.4) is 0 Å². The Kier molecular flexibility index (Phi) is 4.15. The number of nitrogens with one attached hydrogen (secondary N) is 1. The first-order chi connectivity index (χ1) is 8.56. The molecule has 1 atom stereocenters. The third-order valence-electron chi connectivity index (χ3n) is 2.76. The van der Waals surface area contributed by atoms with Crippen molar-refractivity contribution < 1.29 is 0 Å². The molecule has 94 valence electrons. The minimum absolute atomic E-state index is 0.166. The molecule has 0 aromatic heterocycles. The normalized spacial score (nSPS) is 12.2. The summed E-state index contributed by atoms with van der Waals surface area (Å²) in [5.41, 5.74) is 8.76. The van der Waals surface area contributed by atoms with Gasteiger partial charge in [-0.25, -0.2) is 0 Å². The van der Waals surface area contributed by atoms with Crippen molar-refractivity contribution in [1.82, 2.24) is 0 Å². The van der Waals surface area contributed by atoms with Gasteiger partial charge in [-0.1, -0.05) is 39.7 Å². The van der Waals surface area contributed by atoms with E-state index in [-0.39, 0.29) is 6.04 Å². The highest BCUT2D eigenvalue weighted by molar-refractivity contribution is 9.10. The lowest BCUT2D eigenvalue weighted by atomic mass is 10.1. The van der Waals surface area contributed by atoms with Crippen LogP contribution in [0.1, 0.15) is 18.5 Å². The topological polar surface area (TPSA) is 38.0 Å². The van der Waals surface area contributed by atoms with Gasteiger partial charge in [0.05, 0.1) is 11.4 Å². The van der Waals surface area contributed by atoms with Gasteiger partial charge < -0.3 is 11.1 Å². The predicted octanol–water partition coefficient (Wildman–Crippen LogP) is 4.86. The van der Waals surface area contributed by atoms with E-state index in [1.54, 1.807) is 0 Å². The van der Waals surface area contributed by atoms with E-state index in [9.17, 15) is 0 Å². The Morgan fingerprint density at radius 3 is 2.50 bits per heavy atom. The van der Waals surface area contributed by atoms with Crippen LogP contribution in [-0.4, -0.2) is 0 Å². The van der Waals surface area contributed by atoms with Crippen molar-refractivity contribution in [1.29, 1.82) is 0 Å². The molecule has 3 N–H and O–H groups in total. The van der Waals surface area contributed by atoms with E-state index < -0.39 is 0 Å². The van der Waals surface area contributed by atoms with Crippen LogP contribution in [0.4, 0.5) is 11.4 Å². The average Bonchev–Trinajstić information content (AvgIpc) is 2.34. The third kappa shape index (κ3) is 3.18. The van der Waals surface area contributed by atoms with Gasteiger partial charge in [-0.3, -0.25) is 0 Å². The van der Waals surface area contributed by atoms with Gasteiger partial charge in [0.15, 0.2) is 0 Å². The van der Waals surface area contributed by atoms with Crippen LogP contribution >= 0.6 is 27.5 Å². The SMILES string of the molecule is CC(Nc1cc(Br)ccc1N)c1ccc(Cl)cc1. The van der Waals surface area contributed by atoms with Crippen molar-refractivity contribution in [2.24, 2.45) is 0 Å².